The fraction of sp³-hybridized carbons (Fsp3) is 0.533. The molecule has 0 saturated carbocycles. The van der Waals surface area contributed by atoms with Crippen molar-refractivity contribution in [2.45, 2.75) is 39.7 Å². The molecular weight excluding hydrogens is 224 g/mol. The van der Waals surface area contributed by atoms with E-state index in [1.165, 1.54) is 0 Å². The molecule has 3 heteroatoms. The van der Waals surface area contributed by atoms with Crippen LogP contribution < -0.4 is 5.32 Å². The van der Waals surface area contributed by atoms with Crippen LogP contribution in [-0.2, 0) is 0 Å². The molecule has 0 spiro atoms. The largest absolute Gasteiger partial charge is 0.388 e. The molecule has 0 radical (unpaired) electrons. The SMILES string of the molecule is Cc1ccc(C#N)c(NCC(C)(O)CC(C)C)c1. The van der Waals surface area contributed by atoms with E-state index >= 15 is 0 Å². The lowest BCUT2D eigenvalue weighted by Crippen LogP contribution is -2.35. The van der Waals surface area contributed by atoms with Crippen LogP contribution in [-0.4, -0.2) is 17.3 Å². The second kappa shape index (κ2) is 5.88. The van der Waals surface area contributed by atoms with E-state index in [-0.39, 0.29) is 0 Å². The molecule has 1 atom stereocenters. The van der Waals surface area contributed by atoms with Gasteiger partial charge in [0.05, 0.1) is 16.9 Å². The Hall–Kier alpha value is -1.53. The van der Waals surface area contributed by atoms with Gasteiger partial charge in [-0.25, -0.2) is 0 Å². The van der Waals surface area contributed by atoms with Gasteiger partial charge in [0, 0.05) is 6.54 Å². The normalized spacial score (nSPS) is 14.1. The average Bonchev–Trinajstić information content (AvgIpc) is 2.25. The molecule has 0 aromatic heterocycles. The Labute approximate surface area is 109 Å². The Bertz CT molecular complexity index is 444. The van der Waals surface area contributed by atoms with Gasteiger partial charge in [0.2, 0.25) is 0 Å². The third-order valence-corrected chi connectivity index (χ3v) is 2.80. The second-order valence-corrected chi connectivity index (χ2v) is 5.61. The van der Waals surface area contributed by atoms with Crippen LogP contribution in [0.25, 0.3) is 0 Å². The molecule has 0 heterocycles. The van der Waals surface area contributed by atoms with E-state index in [0.29, 0.717) is 18.0 Å². The van der Waals surface area contributed by atoms with Crippen LogP contribution >= 0.6 is 0 Å². The van der Waals surface area contributed by atoms with Gasteiger partial charge in [0.25, 0.3) is 0 Å². The van der Waals surface area contributed by atoms with Gasteiger partial charge < -0.3 is 10.4 Å². The number of rotatable bonds is 5. The van der Waals surface area contributed by atoms with E-state index in [4.69, 9.17) is 5.26 Å². The van der Waals surface area contributed by atoms with Crippen LogP contribution in [0.1, 0.15) is 38.3 Å². The van der Waals surface area contributed by atoms with Gasteiger partial charge in [-0.3, -0.25) is 0 Å². The maximum Gasteiger partial charge on any atom is 0.101 e. The molecule has 0 aliphatic carbocycles. The van der Waals surface area contributed by atoms with E-state index < -0.39 is 5.60 Å². The maximum atomic E-state index is 10.2. The Morgan fingerprint density at radius 1 is 1.44 bits per heavy atom. The molecular formula is C15H22N2O. The average molecular weight is 246 g/mol. The highest BCUT2D eigenvalue weighted by Crippen LogP contribution is 2.20. The number of aryl methyl sites for hydroxylation is 1. The molecule has 18 heavy (non-hydrogen) atoms. The summed E-state index contributed by atoms with van der Waals surface area (Å²) < 4.78 is 0. The molecule has 2 N–H and O–H groups in total. The van der Waals surface area contributed by atoms with Crippen molar-refractivity contribution >= 4 is 5.69 Å². The number of hydrogen-bond acceptors (Lipinski definition) is 3. The third-order valence-electron chi connectivity index (χ3n) is 2.80. The summed E-state index contributed by atoms with van der Waals surface area (Å²) >= 11 is 0. The van der Waals surface area contributed by atoms with Crippen molar-refractivity contribution in [3.63, 3.8) is 0 Å². The summed E-state index contributed by atoms with van der Waals surface area (Å²) in [6, 6.07) is 7.80. The van der Waals surface area contributed by atoms with Gasteiger partial charge in [-0.2, -0.15) is 5.26 Å². The Balaban J connectivity index is 2.74. The lowest BCUT2D eigenvalue weighted by atomic mass is 9.94. The fourth-order valence-electron chi connectivity index (χ4n) is 2.14. The number of hydrogen-bond donors (Lipinski definition) is 2. The minimum absolute atomic E-state index is 0.440. The molecule has 1 unspecified atom stereocenters. The summed E-state index contributed by atoms with van der Waals surface area (Å²) in [7, 11) is 0. The first-order chi connectivity index (χ1) is 8.34. The molecule has 1 rings (SSSR count). The van der Waals surface area contributed by atoms with Gasteiger partial charge in [-0.1, -0.05) is 19.9 Å². The van der Waals surface area contributed by atoms with Crippen LogP contribution in [0, 0.1) is 24.2 Å². The van der Waals surface area contributed by atoms with Gasteiger partial charge in [0.15, 0.2) is 0 Å². The Kier molecular flexibility index (Phi) is 4.75. The van der Waals surface area contributed by atoms with Crippen LogP contribution in [0.15, 0.2) is 18.2 Å². The summed E-state index contributed by atoms with van der Waals surface area (Å²) in [6.45, 7) is 8.42. The quantitative estimate of drug-likeness (QED) is 0.839. The van der Waals surface area contributed by atoms with Gasteiger partial charge in [0.1, 0.15) is 6.07 Å². The zero-order valence-corrected chi connectivity index (χ0v) is 11.6. The van der Waals surface area contributed by atoms with Crippen LogP contribution in [0.5, 0.6) is 0 Å². The minimum Gasteiger partial charge on any atom is -0.388 e. The molecule has 0 saturated heterocycles. The topological polar surface area (TPSA) is 56.0 Å². The highest BCUT2D eigenvalue weighted by Gasteiger charge is 2.21. The standard InChI is InChI=1S/C15H22N2O/c1-11(2)8-15(4,18)10-17-14-7-12(3)5-6-13(14)9-16/h5-7,11,17-18H,8,10H2,1-4H3. The van der Waals surface area contributed by atoms with E-state index in [0.717, 1.165) is 17.7 Å². The molecule has 98 valence electrons. The number of anilines is 1. The number of nitrogens with zero attached hydrogens (tertiary/aromatic N) is 1. The molecule has 0 bridgehead atoms. The van der Waals surface area contributed by atoms with Crippen molar-refractivity contribution in [1.29, 1.82) is 5.26 Å². The first kappa shape index (κ1) is 14.5. The summed E-state index contributed by atoms with van der Waals surface area (Å²) in [5, 5.41) is 22.4. The van der Waals surface area contributed by atoms with E-state index in [1.54, 1.807) is 6.07 Å². The second-order valence-electron chi connectivity index (χ2n) is 5.61. The number of nitrogens with one attached hydrogen (secondary N) is 1. The molecule has 1 aromatic rings. The zero-order chi connectivity index (χ0) is 13.8. The highest BCUT2D eigenvalue weighted by atomic mass is 16.3. The number of nitriles is 1. The van der Waals surface area contributed by atoms with Gasteiger partial charge in [-0.15, -0.1) is 0 Å². The zero-order valence-electron chi connectivity index (χ0n) is 11.6. The van der Waals surface area contributed by atoms with Crippen molar-refractivity contribution in [2.24, 2.45) is 5.92 Å². The lowest BCUT2D eigenvalue weighted by molar-refractivity contribution is 0.0515. The molecule has 3 nitrogen and oxygen atoms in total. The Morgan fingerprint density at radius 3 is 2.67 bits per heavy atom. The maximum absolute atomic E-state index is 10.2. The first-order valence-electron chi connectivity index (χ1n) is 6.31. The first-order valence-corrected chi connectivity index (χ1v) is 6.31. The summed E-state index contributed by atoms with van der Waals surface area (Å²) in [5.41, 5.74) is 1.74. The van der Waals surface area contributed by atoms with Crippen LogP contribution in [0.2, 0.25) is 0 Å². The van der Waals surface area contributed by atoms with Gasteiger partial charge >= 0.3 is 0 Å². The van der Waals surface area contributed by atoms with Crippen LogP contribution in [0.4, 0.5) is 5.69 Å². The van der Waals surface area contributed by atoms with Gasteiger partial charge in [-0.05, 0) is 43.9 Å². The smallest absolute Gasteiger partial charge is 0.101 e. The predicted octanol–water partition coefficient (Wildman–Crippen LogP) is 3.08. The van der Waals surface area contributed by atoms with Crippen molar-refractivity contribution in [1.82, 2.24) is 0 Å². The van der Waals surface area contributed by atoms with Crippen molar-refractivity contribution in [2.75, 3.05) is 11.9 Å². The van der Waals surface area contributed by atoms with E-state index in [2.05, 4.69) is 25.2 Å². The molecule has 0 aliphatic heterocycles. The summed E-state index contributed by atoms with van der Waals surface area (Å²) in [4.78, 5) is 0. The van der Waals surface area contributed by atoms with Crippen molar-refractivity contribution < 1.29 is 5.11 Å². The predicted molar refractivity (Wildman–Crippen MR) is 74.5 cm³/mol. The van der Waals surface area contributed by atoms with Crippen LogP contribution in [0.3, 0.4) is 0 Å². The van der Waals surface area contributed by atoms with E-state index in [9.17, 15) is 5.11 Å². The molecule has 0 aliphatic rings. The van der Waals surface area contributed by atoms with Crippen molar-refractivity contribution in [3.05, 3.63) is 29.3 Å². The summed E-state index contributed by atoms with van der Waals surface area (Å²) in [5.74, 6) is 0.440. The molecule has 0 amide bonds. The highest BCUT2D eigenvalue weighted by molar-refractivity contribution is 5.58. The minimum atomic E-state index is -0.759. The lowest BCUT2D eigenvalue weighted by Gasteiger charge is -2.26. The number of aliphatic hydroxyl groups is 1. The molecule has 0 fully saturated rings. The molecule has 1 aromatic carbocycles. The fourth-order valence-corrected chi connectivity index (χ4v) is 2.14. The summed E-state index contributed by atoms with van der Waals surface area (Å²) in [6.07, 6.45) is 0.730. The Morgan fingerprint density at radius 2 is 2.11 bits per heavy atom. The number of benzene rings is 1. The van der Waals surface area contributed by atoms with E-state index in [1.807, 2.05) is 26.0 Å². The monoisotopic (exact) mass is 246 g/mol. The third kappa shape index (κ3) is 4.38. The van der Waals surface area contributed by atoms with Crippen molar-refractivity contribution in [3.8, 4) is 6.07 Å².